The smallest absolute Gasteiger partial charge is 0.320 e. The van der Waals surface area contributed by atoms with Crippen LogP contribution in [0, 0.1) is 0 Å². The van der Waals surface area contributed by atoms with E-state index in [1.54, 1.807) is 24.3 Å². The Morgan fingerprint density at radius 1 is 1.42 bits per heavy atom. The second-order valence-corrected chi connectivity index (χ2v) is 4.56. The van der Waals surface area contributed by atoms with Crippen molar-refractivity contribution in [2.24, 2.45) is 0 Å². The van der Waals surface area contributed by atoms with Crippen molar-refractivity contribution in [2.45, 2.75) is 25.8 Å². The first-order valence-corrected chi connectivity index (χ1v) is 6.42. The van der Waals surface area contributed by atoms with E-state index in [1.807, 2.05) is 6.92 Å². The molecule has 0 heterocycles. The Morgan fingerprint density at radius 3 is 2.74 bits per heavy atom. The molecule has 0 radical (unpaired) electrons. The predicted molar refractivity (Wildman–Crippen MR) is 74.4 cm³/mol. The number of carboxylic acids is 1. The molecule has 1 amide bonds. The van der Waals surface area contributed by atoms with Gasteiger partial charge in [0.15, 0.2) is 0 Å². The van der Waals surface area contributed by atoms with Gasteiger partial charge in [0.05, 0.1) is 6.54 Å². The zero-order chi connectivity index (χ0) is 14.3. The van der Waals surface area contributed by atoms with Gasteiger partial charge < -0.3 is 10.4 Å². The average molecular weight is 285 g/mol. The molecule has 0 aliphatic carbocycles. The number of carboxylic acid groups (broad SMARTS) is 1. The third-order valence-corrected chi connectivity index (χ3v) is 2.73. The van der Waals surface area contributed by atoms with Crippen LogP contribution >= 0.6 is 11.6 Å². The molecule has 0 aliphatic rings. The molecule has 1 atom stereocenters. The van der Waals surface area contributed by atoms with Gasteiger partial charge in [0, 0.05) is 10.7 Å². The summed E-state index contributed by atoms with van der Waals surface area (Å²) in [6.45, 7) is 1.84. The lowest BCUT2D eigenvalue weighted by Crippen LogP contribution is -2.41. The Labute approximate surface area is 117 Å². The summed E-state index contributed by atoms with van der Waals surface area (Å²) in [5, 5.41) is 14.8. The summed E-state index contributed by atoms with van der Waals surface area (Å²) in [4.78, 5) is 22.5. The molecule has 6 heteroatoms. The number of halogens is 1. The lowest BCUT2D eigenvalue weighted by atomic mass is 10.2. The lowest BCUT2D eigenvalue weighted by Gasteiger charge is -2.13. The average Bonchev–Trinajstić information content (AvgIpc) is 2.34. The summed E-state index contributed by atoms with van der Waals surface area (Å²) in [6.07, 6.45) is 1.22. The van der Waals surface area contributed by atoms with Crippen molar-refractivity contribution in [3.8, 4) is 0 Å². The Kier molecular flexibility index (Phi) is 6.32. The Hall–Kier alpha value is -1.59. The number of nitrogens with one attached hydrogen (secondary N) is 2. The van der Waals surface area contributed by atoms with Crippen molar-refractivity contribution in [1.82, 2.24) is 5.32 Å². The van der Waals surface area contributed by atoms with Gasteiger partial charge in [-0.1, -0.05) is 31.0 Å². The van der Waals surface area contributed by atoms with Crippen molar-refractivity contribution >= 4 is 29.2 Å². The zero-order valence-corrected chi connectivity index (χ0v) is 11.4. The summed E-state index contributed by atoms with van der Waals surface area (Å²) < 4.78 is 0. The van der Waals surface area contributed by atoms with Crippen LogP contribution in [0.15, 0.2) is 24.3 Å². The minimum Gasteiger partial charge on any atom is -0.480 e. The van der Waals surface area contributed by atoms with E-state index < -0.39 is 12.0 Å². The van der Waals surface area contributed by atoms with Crippen LogP contribution in [0.5, 0.6) is 0 Å². The van der Waals surface area contributed by atoms with E-state index in [0.717, 1.165) is 6.42 Å². The molecule has 0 spiro atoms. The molecular weight excluding hydrogens is 268 g/mol. The molecule has 5 nitrogen and oxygen atoms in total. The van der Waals surface area contributed by atoms with E-state index in [-0.39, 0.29) is 12.5 Å². The third kappa shape index (κ3) is 5.72. The van der Waals surface area contributed by atoms with Gasteiger partial charge in [-0.2, -0.15) is 0 Å². The highest BCUT2D eigenvalue weighted by molar-refractivity contribution is 6.30. The molecular formula is C13H17ClN2O3. The Balaban J connectivity index is 2.45. The molecule has 1 rings (SSSR count). The summed E-state index contributed by atoms with van der Waals surface area (Å²) in [5.41, 5.74) is 0.585. The molecule has 3 N–H and O–H groups in total. The van der Waals surface area contributed by atoms with Crippen molar-refractivity contribution in [3.63, 3.8) is 0 Å². The van der Waals surface area contributed by atoms with Crippen LogP contribution < -0.4 is 10.6 Å². The number of benzene rings is 1. The van der Waals surface area contributed by atoms with E-state index >= 15 is 0 Å². The highest BCUT2D eigenvalue weighted by Gasteiger charge is 2.16. The number of carbonyl (C=O) groups is 2. The largest absolute Gasteiger partial charge is 0.480 e. The summed E-state index contributed by atoms with van der Waals surface area (Å²) in [6, 6.07) is 6.07. The number of aliphatic carboxylic acids is 1. The molecule has 104 valence electrons. The fraction of sp³-hybridized carbons (Fsp3) is 0.385. The zero-order valence-electron chi connectivity index (χ0n) is 10.6. The monoisotopic (exact) mass is 284 g/mol. The van der Waals surface area contributed by atoms with Gasteiger partial charge in [0.2, 0.25) is 5.91 Å². The second kappa shape index (κ2) is 7.76. The highest BCUT2D eigenvalue weighted by atomic mass is 35.5. The van der Waals surface area contributed by atoms with Crippen LogP contribution in [-0.4, -0.2) is 29.6 Å². The third-order valence-electron chi connectivity index (χ3n) is 2.49. The quantitative estimate of drug-likeness (QED) is 0.717. The molecule has 1 aromatic carbocycles. The Morgan fingerprint density at radius 2 is 2.16 bits per heavy atom. The highest BCUT2D eigenvalue weighted by Crippen LogP contribution is 2.14. The number of anilines is 1. The van der Waals surface area contributed by atoms with Gasteiger partial charge in [-0.3, -0.25) is 14.9 Å². The molecule has 1 aromatic rings. The molecule has 0 aliphatic heterocycles. The number of hydrogen-bond acceptors (Lipinski definition) is 3. The first-order valence-electron chi connectivity index (χ1n) is 6.04. The van der Waals surface area contributed by atoms with Gasteiger partial charge in [-0.15, -0.1) is 0 Å². The van der Waals surface area contributed by atoms with Crippen molar-refractivity contribution < 1.29 is 14.7 Å². The van der Waals surface area contributed by atoms with Crippen LogP contribution in [0.1, 0.15) is 19.8 Å². The minimum absolute atomic E-state index is 0.0521. The molecule has 19 heavy (non-hydrogen) atoms. The fourth-order valence-electron chi connectivity index (χ4n) is 1.59. The van der Waals surface area contributed by atoms with Gasteiger partial charge in [0.25, 0.3) is 0 Å². The minimum atomic E-state index is -0.947. The van der Waals surface area contributed by atoms with E-state index in [1.165, 1.54) is 0 Å². The first kappa shape index (κ1) is 15.5. The normalized spacial score (nSPS) is 11.9. The number of rotatable bonds is 7. The van der Waals surface area contributed by atoms with Gasteiger partial charge >= 0.3 is 5.97 Å². The standard InChI is InChI=1S/C13H17ClN2O3/c1-2-4-11(13(18)19)15-8-12(17)16-10-6-3-5-9(14)7-10/h3,5-7,11,15H,2,4,8H2,1H3,(H,16,17)(H,18,19). The van der Waals surface area contributed by atoms with Crippen molar-refractivity contribution in [2.75, 3.05) is 11.9 Å². The summed E-state index contributed by atoms with van der Waals surface area (Å²) >= 11 is 5.79. The van der Waals surface area contributed by atoms with Crippen molar-refractivity contribution in [3.05, 3.63) is 29.3 Å². The fourth-order valence-corrected chi connectivity index (χ4v) is 1.78. The molecule has 0 bridgehead atoms. The maximum atomic E-state index is 11.6. The maximum Gasteiger partial charge on any atom is 0.320 e. The van der Waals surface area contributed by atoms with Crippen LogP contribution in [0.4, 0.5) is 5.69 Å². The topological polar surface area (TPSA) is 78.4 Å². The number of amides is 1. The van der Waals surface area contributed by atoms with Gasteiger partial charge in [-0.25, -0.2) is 0 Å². The van der Waals surface area contributed by atoms with Crippen LogP contribution in [0.2, 0.25) is 5.02 Å². The van der Waals surface area contributed by atoms with Crippen LogP contribution in [0.25, 0.3) is 0 Å². The lowest BCUT2D eigenvalue weighted by molar-refractivity contribution is -0.139. The van der Waals surface area contributed by atoms with Crippen LogP contribution in [-0.2, 0) is 9.59 Å². The Bertz CT molecular complexity index is 451. The SMILES string of the molecule is CCCC(NCC(=O)Nc1cccc(Cl)c1)C(=O)O. The van der Waals surface area contributed by atoms with Crippen LogP contribution in [0.3, 0.4) is 0 Å². The molecule has 1 unspecified atom stereocenters. The van der Waals surface area contributed by atoms with E-state index in [0.29, 0.717) is 17.1 Å². The van der Waals surface area contributed by atoms with Gasteiger partial charge in [-0.05, 0) is 24.6 Å². The maximum absolute atomic E-state index is 11.6. The van der Waals surface area contributed by atoms with Gasteiger partial charge in [0.1, 0.15) is 6.04 Å². The summed E-state index contributed by atoms with van der Waals surface area (Å²) in [7, 11) is 0. The van der Waals surface area contributed by atoms with E-state index in [9.17, 15) is 9.59 Å². The van der Waals surface area contributed by atoms with Crippen molar-refractivity contribution in [1.29, 1.82) is 0 Å². The molecule has 0 aromatic heterocycles. The molecule has 0 saturated heterocycles. The number of carbonyl (C=O) groups excluding carboxylic acids is 1. The molecule has 0 saturated carbocycles. The first-order chi connectivity index (χ1) is 9.02. The summed E-state index contributed by atoms with van der Waals surface area (Å²) in [5.74, 6) is -1.25. The van der Waals surface area contributed by atoms with E-state index in [4.69, 9.17) is 16.7 Å². The second-order valence-electron chi connectivity index (χ2n) is 4.12. The molecule has 0 fully saturated rings. The van der Waals surface area contributed by atoms with E-state index in [2.05, 4.69) is 10.6 Å². The number of hydrogen-bond donors (Lipinski definition) is 3. The predicted octanol–water partition coefficient (Wildman–Crippen LogP) is 2.12.